The standard InChI is InChI=1S/C16H28N6O3S.C2HF3O2/c1-25-7-4-19-15(23)9-20-5-2-13(3-6-20)22(18)10-16(24)21-12-26-11-14(21)8-17;3-2(4,5)1(6)7/h13-14H,2-7,9-12,18H2,1H3,(H,19,23);(H,6,7)/t14-;/m1./s1. The monoisotopic (exact) mass is 498 g/mol. The molecule has 0 saturated carbocycles. The van der Waals surface area contributed by atoms with Crippen LogP contribution in [0.4, 0.5) is 13.2 Å². The summed E-state index contributed by atoms with van der Waals surface area (Å²) in [5.41, 5.74) is 0. The predicted molar refractivity (Wildman–Crippen MR) is 113 cm³/mol. The minimum atomic E-state index is -5.08. The third kappa shape index (κ3) is 10.6. The maximum Gasteiger partial charge on any atom is 0.490 e. The molecule has 1 atom stereocenters. The Kier molecular flexibility index (Phi) is 12.4. The van der Waals surface area contributed by atoms with Crippen molar-refractivity contribution in [2.75, 3.05) is 58.1 Å². The lowest BCUT2D eigenvalue weighted by Gasteiger charge is -2.36. The number of ether oxygens (including phenoxy) is 1. The molecule has 0 unspecified atom stereocenters. The highest BCUT2D eigenvalue weighted by atomic mass is 32.2. The summed E-state index contributed by atoms with van der Waals surface area (Å²) in [6.07, 6.45) is -3.46. The van der Waals surface area contributed by atoms with E-state index in [0.29, 0.717) is 31.3 Å². The largest absolute Gasteiger partial charge is 0.490 e. The highest BCUT2D eigenvalue weighted by Gasteiger charge is 2.38. The average molecular weight is 499 g/mol. The summed E-state index contributed by atoms with van der Waals surface area (Å²) >= 11 is 1.59. The molecule has 2 fully saturated rings. The van der Waals surface area contributed by atoms with Gasteiger partial charge in [-0.2, -0.15) is 18.4 Å². The van der Waals surface area contributed by atoms with Gasteiger partial charge in [-0.3, -0.25) is 20.3 Å². The zero-order valence-corrected chi connectivity index (χ0v) is 19.0. The molecule has 0 spiro atoms. The molecule has 188 valence electrons. The molecule has 0 bridgehead atoms. The second-order valence-electron chi connectivity index (χ2n) is 7.33. The van der Waals surface area contributed by atoms with Crippen molar-refractivity contribution in [1.82, 2.24) is 20.1 Å². The van der Waals surface area contributed by atoms with Gasteiger partial charge in [-0.15, -0.1) is 11.8 Å². The number of likely N-dealkylation sites (tertiary alicyclic amines) is 1. The van der Waals surface area contributed by atoms with Crippen LogP contribution in [-0.2, 0) is 19.1 Å². The van der Waals surface area contributed by atoms with Crippen LogP contribution in [0.25, 0.3) is 0 Å². The Morgan fingerprint density at radius 1 is 1.33 bits per heavy atom. The molecule has 2 amide bonds. The first-order valence-corrected chi connectivity index (χ1v) is 11.2. The normalized spacial score (nSPS) is 19.5. The highest BCUT2D eigenvalue weighted by molar-refractivity contribution is 7.99. The number of halogens is 3. The minimum absolute atomic E-state index is 0.00522. The number of aliphatic carboxylic acids is 1. The van der Waals surface area contributed by atoms with Gasteiger partial charge in [0.05, 0.1) is 31.6 Å². The SMILES string of the molecule is COCCNC(=O)CN1CCC(N(N)CC(=O)N2CSC[C@H]2C#N)CC1.O=C(O)C(F)(F)F. The Morgan fingerprint density at radius 3 is 2.45 bits per heavy atom. The fourth-order valence-corrected chi connectivity index (χ4v) is 4.24. The van der Waals surface area contributed by atoms with E-state index in [1.54, 1.807) is 28.8 Å². The van der Waals surface area contributed by atoms with Crippen LogP contribution in [0.15, 0.2) is 0 Å². The maximum atomic E-state index is 12.4. The number of thioether (sulfide) groups is 1. The summed E-state index contributed by atoms with van der Waals surface area (Å²) in [4.78, 5) is 36.8. The molecule has 2 rings (SSSR count). The van der Waals surface area contributed by atoms with Crippen LogP contribution in [0.5, 0.6) is 0 Å². The quantitative estimate of drug-likeness (QED) is 0.226. The number of carbonyl (C=O) groups is 3. The van der Waals surface area contributed by atoms with Crippen molar-refractivity contribution >= 4 is 29.5 Å². The molecule has 2 saturated heterocycles. The van der Waals surface area contributed by atoms with Gasteiger partial charge in [0.1, 0.15) is 6.04 Å². The molecule has 0 aromatic rings. The molecule has 0 aromatic carbocycles. The lowest BCUT2D eigenvalue weighted by molar-refractivity contribution is -0.192. The van der Waals surface area contributed by atoms with Gasteiger partial charge in [-0.05, 0) is 12.8 Å². The molecule has 4 N–H and O–H groups in total. The fraction of sp³-hybridized carbons (Fsp3) is 0.778. The van der Waals surface area contributed by atoms with E-state index in [1.807, 2.05) is 0 Å². The Balaban J connectivity index is 0.000000675. The first-order valence-electron chi connectivity index (χ1n) is 10.1. The molecule has 2 aliphatic heterocycles. The summed E-state index contributed by atoms with van der Waals surface area (Å²) in [5, 5.41) is 20.6. The third-order valence-electron chi connectivity index (χ3n) is 4.93. The molecular weight excluding hydrogens is 469 g/mol. The van der Waals surface area contributed by atoms with E-state index in [1.165, 1.54) is 0 Å². The van der Waals surface area contributed by atoms with Crippen LogP contribution in [0.2, 0.25) is 0 Å². The second-order valence-corrected chi connectivity index (χ2v) is 8.33. The van der Waals surface area contributed by atoms with E-state index >= 15 is 0 Å². The van der Waals surface area contributed by atoms with Crippen molar-refractivity contribution in [3.8, 4) is 6.07 Å². The molecule has 15 heteroatoms. The fourth-order valence-electron chi connectivity index (χ4n) is 3.13. The van der Waals surface area contributed by atoms with Gasteiger partial charge in [-0.1, -0.05) is 0 Å². The number of carboxylic acids is 1. The number of hydrogen-bond donors (Lipinski definition) is 3. The van der Waals surface area contributed by atoms with Crippen molar-refractivity contribution in [1.29, 1.82) is 5.26 Å². The number of nitriles is 1. The van der Waals surface area contributed by atoms with Crippen LogP contribution in [0, 0.1) is 11.3 Å². The molecule has 0 aromatic heterocycles. The lowest BCUT2D eigenvalue weighted by atomic mass is 10.0. The van der Waals surface area contributed by atoms with E-state index in [9.17, 15) is 22.8 Å². The van der Waals surface area contributed by atoms with Crippen LogP contribution in [-0.4, -0.2) is 114 Å². The Morgan fingerprint density at radius 2 is 1.94 bits per heavy atom. The predicted octanol–water partition coefficient (Wildman–Crippen LogP) is -0.553. The summed E-state index contributed by atoms with van der Waals surface area (Å²) in [5.74, 6) is 4.48. The number of amides is 2. The second kappa shape index (κ2) is 14.2. The zero-order chi connectivity index (χ0) is 25.0. The number of carboxylic acid groups (broad SMARTS) is 1. The number of alkyl halides is 3. The van der Waals surface area contributed by atoms with Gasteiger partial charge in [-0.25, -0.2) is 9.80 Å². The number of carbonyl (C=O) groups excluding carboxylic acids is 2. The van der Waals surface area contributed by atoms with Gasteiger partial charge in [0.2, 0.25) is 11.8 Å². The smallest absolute Gasteiger partial charge is 0.475 e. The Hall–Kier alpha value is -2.12. The van der Waals surface area contributed by atoms with Gasteiger partial charge in [0.25, 0.3) is 0 Å². The van der Waals surface area contributed by atoms with E-state index in [2.05, 4.69) is 16.3 Å². The van der Waals surface area contributed by atoms with Crippen molar-refractivity contribution in [2.24, 2.45) is 5.84 Å². The minimum Gasteiger partial charge on any atom is -0.475 e. The van der Waals surface area contributed by atoms with Crippen molar-refractivity contribution in [3.63, 3.8) is 0 Å². The van der Waals surface area contributed by atoms with Crippen LogP contribution < -0.4 is 11.2 Å². The number of rotatable bonds is 8. The molecule has 0 radical (unpaired) electrons. The summed E-state index contributed by atoms with van der Waals surface area (Å²) < 4.78 is 36.6. The van der Waals surface area contributed by atoms with Crippen LogP contribution in [0.1, 0.15) is 12.8 Å². The molecular formula is C18H29F3N6O5S. The van der Waals surface area contributed by atoms with E-state index < -0.39 is 12.1 Å². The summed E-state index contributed by atoms with van der Waals surface area (Å²) in [6.45, 7) is 3.06. The maximum absolute atomic E-state index is 12.4. The van der Waals surface area contributed by atoms with Gasteiger partial charge in [0.15, 0.2) is 0 Å². The molecule has 0 aliphatic carbocycles. The van der Waals surface area contributed by atoms with Gasteiger partial charge >= 0.3 is 12.1 Å². The van der Waals surface area contributed by atoms with E-state index in [4.69, 9.17) is 25.7 Å². The lowest BCUT2D eigenvalue weighted by Crippen LogP contribution is -2.53. The van der Waals surface area contributed by atoms with Crippen LogP contribution >= 0.6 is 11.8 Å². The van der Waals surface area contributed by atoms with Crippen molar-refractivity contribution in [2.45, 2.75) is 31.1 Å². The number of piperidine rings is 1. The number of nitrogens with one attached hydrogen (secondary N) is 1. The first kappa shape index (κ1) is 28.9. The van der Waals surface area contributed by atoms with Crippen molar-refractivity contribution < 1.29 is 37.4 Å². The van der Waals surface area contributed by atoms with Crippen LogP contribution in [0.3, 0.4) is 0 Å². The van der Waals surface area contributed by atoms with Gasteiger partial charge in [0, 0.05) is 38.5 Å². The highest BCUT2D eigenvalue weighted by Crippen LogP contribution is 2.21. The average Bonchev–Trinajstić information content (AvgIpc) is 3.23. The number of hydrazine groups is 1. The van der Waals surface area contributed by atoms with E-state index in [-0.39, 0.29) is 30.4 Å². The Bertz CT molecular complexity index is 700. The molecule has 2 heterocycles. The first-order chi connectivity index (χ1) is 15.5. The summed E-state index contributed by atoms with van der Waals surface area (Å²) in [7, 11) is 1.60. The zero-order valence-electron chi connectivity index (χ0n) is 18.2. The number of nitrogens with two attached hydrogens (primary N) is 1. The molecule has 2 aliphatic rings. The van der Waals surface area contributed by atoms with E-state index in [0.717, 1.165) is 25.9 Å². The number of nitrogens with zero attached hydrogens (tertiary/aromatic N) is 4. The number of methoxy groups -OCH3 is 1. The Labute approximate surface area is 193 Å². The third-order valence-corrected chi connectivity index (χ3v) is 5.95. The van der Waals surface area contributed by atoms with Crippen molar-refractivity contribution in [3.05, 3.63) is 0 Å². The molecule has 33 heavy (non-hydrogen) atoms. The van der Waals surface area contributed by atoms with Gasteiger partial charge < -0.3 is 20.1 Å². The topological polar surface area (TPSA) is 152 Å². The summed E-state index contributed by atoms with van der Waals surface area (Å²) in [6, 6.07) is 1.93. The number of hydrogen-bond acceptors (Lipinski definition) is 9. The molecule has 11 nitrogen and oxygen atoms in total.